The van der Waals surface area contributed by atoms with E-state index in [1.165, 1.54) is 22.6 Å². The molecular weight excluding hydrogens is 368 g/mol. The van der Waals surface area contributed by atoms with Crippen LogP contribution in [0.5, 0.6) is 0 Å². The van der Waals surface area contributed by atoms with Crippen molar-refractivity contribution >= 4 is 23.2 Å². The fourth-order valence-corrected chi connectivity index (χ4v) is 2.88. The summed E-state index contributed by atoms with van der Waals surface area (Å²) in [6, 6.07) is 7.89. The maximum absolute atomic E-state index is 10.7. The fourth-order valence-electron chi connectivity index (χ4n) is 2.66. The molecule has 1 aromatic heterocycles. The number of halogens is 1. The Hall–Kier alpha value is -2.61. The fraction of sp³-hybridized carbons (Fsp3) is 0.444. The van der Waals surface area contributed by atoms with E-state index in [0.29, 0.717) is 19.0 Å². The molecule has 0 saturated carbocycles. The van der Waals surface area contributed by atoms with Crippen molar-refractivity contribution < 1.29 is 4.92 Å². The SMILES string of the molecule is CN=C(NCCn1cc([N+](=O)[O-])cn1)NCC(C)(C)Cc1cccc(Cl)c1. The molecule has 2 rings (SSSR count). The van der Waals surface area contributed by atoms with Crippen LogP contribution in [0.15, 0.2) is 41.7 Å². The molecule has 1 heterocycles. The van der Waals surface area contributed by atoms with Crippen LogP contribution in [-0.2, 0) is 13.0 Å². The Kier molecular flexibility index (Phi) is 7.18. The molecule has 8 nitrogen and oxygen atoms in total. The van der Waals surface area contributed by atoms with Gasteiger partial charge in [-0.05, 0) is 29.5 Å². The predicted molar refractivity (Wildman–Crippen MR) is 107 cm³/mol. The third-order valence-corrected chi connectivity index (χ3v) is 4.23. The van der Waals surface area contributed by atoms with E-state index < -0.39 is 4.92 Å². The van der Waals surface area contributed by atoms with Crippen molar-refractivity contribution in [3.05, 3.63) is 57.4 Å². The van der Waals surface area contributed by atoms with Gasteiger partial charge < -0.3 is 10.6 Å². The van der Waals surface area contributed by atoms with E-state index >= 15 is 0 Å². The number of nitrogens with zero attached hydrogens (tertiary/aromatic N) is 4. The molecule has 0 aliphatic rings. The first-order chi connectivity index (χ1) is 12.8. The van der Waals surface area contributed by atoms with Crippen molar-refractivity contribution in [2.45, 2.75) is 26.8 Å². The normalized spacial score (nSPS) is 12.1. The van der Waals surface area contributed by atoms with Crippen molar-refractivity contribution in [3.63, 3.8) is 0 Å². The molecule has 9 heteroatoms. The lowest BCUT2D eigenvalue weighted by Crippen LogP contribution is -2.43. The van der Waals surface area contributed by atoms with Crippen LogP contribution in [0.3, 0.4) is 0 Å². The average Bonchev–Trinajstić information content (AvgIpc) is 3.06. The first-order valence-electron chi connectivity index (χ1n) is 8.65. The highest BCUT2D eigenvalue weighted by Crippen LogP contribution is 2.22. The number of hydrogen-bond acceptors (Lipinski definition) is 4. The second kappa shape index (κ2) is 9.36. The average molecular weight is 393 g/mol. The van der Waals surface area contributed by atoms with Gasteiger partial charge in [-0.25, -0.2) is 0 Å². The minimum Gasteiger partial charge on any atom is -0.356 e. The minimum atomic E-state index is -0.459. The van der Waals surface area contributed by atoms with Gasteiger partial charge in [0.25, 0.3) is 0 Å². The van der Waals surface area contributed by atoms with E-state index in [-0.39, 0.29) is 11.1 Å². The summed E-state index contributed by atoms with van der Waals surface area (Å²) >= 11 is 6.06. The summed E-state index contributed by atoms with van der Waals surface area (Å²) < 4.78 is 1.53. The summed E-state index contributed by atoms with van der Waals surface area (Å²) in [6.07, 6.45) is 3.53. The van der Waals surface area contributed by atoms with E-state index in [1.54, 1.807) is 7.05 Å². The van der Waals surface area contributed by atoms with Gasteiger partial charge in [-0.3, -0.25) is 19.8 Å². The molecule has 0 aliphatic heterocycles. The van der Waals surface area contributed by atoms with Gasteiger partial charge in [-0.2, -0.15) is 5.10 Å². The van der Waals surface area contributed by atoms with Crippen LogP contribution < -0.4 is 10.6 Å². The zero-order valence-electron chi connectivity index (χ0n) is 15.8. The Morgan fingerprint density at radius 2 is 2.19 bits per heavy atom. The number of benzene rings is 1. The largest absolute Gasteiger partial charge is 0.356 e. The van der Waals surface area contributed by atoms with Crippen LogP contribution in [0.2, 0.25) is 5.02 Å². The molecule has 0 unspecified atom stereocenters. The Bertz CT molecular complexity index is 803. The highest BCUT2D eigenvalue weighted by molar-refractivity contribution is 6.30. The third kappa shape index (κ3) is 6.90. The lowest BCUT2D eigenvalue weighted by molar-refractivity contribution is -0.385. The summed E-state index contributed by atoms with van der Waals surface area (Å²) in [6.45, 7) is 6.13. The van der Waals surface area contributed by atoms with Crippen molar-refractivity contribution in [1.82, 2.24) is 20.4 Å². The predicted octanol–water partition coefficient (Wildman–Crippen LogP) is 2.88. The van der Waals surface area contributed by atoms with Gasteiger partial charge in [-0.15, -0.1) is 0 Å². The second-order valence-electron chi connectivity index (χ2n) is 7.04. The van der Waals surface area contributed by atoms with E-state index in [9.17, 15) is 10.1 Å². The van der Waals surface area contributed by atoms with Crippen molar-refractivity contribution in [2.75, 3.05) is 20.1 Å². The molecule has 0 atom stereocenters. The molecule has 2 aromatic rings. The Balaban J connectivity index is 1.79. The van der Waals surface area contributed by atoms with Crippen LogP contribution in [0, 0.1) is 15.5 Å². The summed E-state index contributed by atoms with van der Waals surface area (Å²) in [7, 11) is 1.71. The first-order valence-corrected chi connectivity index (χ1v) is 9.03. The number of nitro groups is 1. The van der Waals surface area contributed by atoms with E-state index in [0.717, 1.165) is 18.0 Å². The Labute approximate surface area is 163 Å². The number of rotatable bonds is 8. The standard InChI is InChI=1S/C18H25ClN6O2/c1-18(2,10-14-5-4-6-15(19)9-14)13-22-17(20-3)21-7-8-24-12-16(11-23-24)25(26)27/h4-6,9,11-12H,7-8,10,13H2,1-3H3,(H2,20,21,22). The molecule has 2 N–H and O–H groups in total. The molecule has 27 heavy (non-hydrogen) atoms. The van der Waals surface area contributed by atoms with Crippen molar-refractivity contribution in [2.24, 2.45) is 10.4 Å². The monoisotopic (exact) mass is 392 g/mol. The van der Waals surface area contributed by atoms with Crippen molar-refractivity contribution in [1.29, 1.82) is 0 Å². The number of aromatic nitrogens is 2. The van der Waals surface area contributed by atoms with Gasteiger partial charge in [0.05, 0.1) is 11.5 Å². The number of guanidine groups is 1. The summed E-state index contributed by atoms with van der Waals surface area (Å²) in [5.41, 5.74) is 1.18. The molecule has 0 aliphatic carbocycles. The first kappa shape index (κ1) is 20.7. The molecule has 0 bridgehead atoms. The van der Waals surface area contributed by atoms with Crippen molar-refractivity contribution in [3.8, 4) is 0 Å². The maximum Gasteiger partial charge on any atom is 0.306 e. The Morgan fingerprint density at radius 1 is 1.41 bits per heavy atom. The molecule has 146 valence electrons. The molecular formula is C18H25ClN6O2. The number of hydrogen-bond donors (Lipinski definition) is 2. The highest BCUT2D eigenvalue weighted by Gasteiger charge is 2.19. The molecule has 0 amide bonds. The summed E-state index contributed by atoms with van der Waals surface area (Å²) in [4.78, 5) is 14.4. The quantitative estimate of drug-likeness (QED) is 0.311. The van der Waals surface area contributed by atoms with Crippen LogP contribution in [0.4, 0.5) is 5.69 Å². The van der Waals surface area contributed by atoms with Gasteiger partial charge in [0.1, 0.15) is 12.4 Å². The molecule has 0 fully saturated rings. The van der Waals surface area contributed by atoms with E-state index in [1.807, 2.05) is 18.2 Å². The second-order valence-corrected chi connectivity index (χ2v) is 7.48. The number of aliphatic imine (C=N–C) groups is 1. The van der Waals surface area contributed by atoms with Gasteiger partial charge in [-0.1, -0.05) is 37.6 Å². The van der Waals surface area contributed by atoms with E-state index in [4.69, 9.17) is 11.6 Å². The lowest BCUT2D eigenvalue weighted by atomic mass is 9.86. The van der Waals surface area contributed by atoms with Crippen LogP contribution in [0.25, 0.3) is 0 Å². The van der Waals surface area contributed by atoms with Gasteiger partial charge in [0, 0.05) is 25.2 Å². The van der Waals surface area contributed by atoms with Gasteiger partial charge >= 0.3 is 5.69 Å². The summed E-state index contributed by atoms with van der Waals surface area (Å²) in [5, 5.41) is 21.9. The zero-order valence-corrected chi connectivity index (χ0v) is 16.5. The van der Waals surface area contributed by atoms with Crippen LogP contribution in [-0.4, -0.2) is 40.8 Å². The Morgan fingerprint density at radius 3 is 2.81 bits per heavy atom. The summed E-state index contributed by atoms with van der Waals surface area (Å²) in [5.74, 6) is 0.677. The topological polar surface area (TPSA) is 97.4 Å². The number of nitrogens with one attached hydrogen (secondary N) is 2. The smallest absolute Gasteiger partial charge is 0.306 e. The molecule has 1 aromatic carbocycles. The van der Waals surface area contributed by atoms with E-state index in [2.05, 4.69) is 40.6 Å². The molecule has 0 spiro atoms. The highest BCUT2D eigenvalue weighted by atomic mass is 35.5. The van der Waals surface area contributed by atoms with Gasteiger partial charge in [0.15, 0.2) is 5.96 Å². The van der Waals surface area contributed by atoms with Gasteiger partial charge in [0.2, 0.25) is 0 Å². The van der Waals surface area contributed by atoms with Crippen LogP contribution >= 0.6 is 11.6 Å². The maximum atomic E-state index is 10.7. The third-order valence-electron chi connectivity index (χ3n) is 3.99. The lowest BCUT2D eigenvalue weighted by Gasteiger charge is -2.26. The zero-order chi connectivity index (χ0) is 19.9. The molecule has 0 radical (unpaired) electrons. The molecule has 0 saturated heterocycles. The minimum absolute atomic E-state index is 0.00486. The van der Waals surface area contributed by atoms with Crippen LogP contribution in [0.1, 0.15) is 19.4 Å².